The van der Waals surface area contributed by atoms with Crippen LogP contribution in [0.2, 0.25) is 5.15 Å². The number of rotatable bonds is 2. The van der Waals surface area contributed by atoms with E-state index in [2.05, 4.69) is 4.98 Å². The lowest BCUT2D eigenvalue weighted by Crippen LogP contribution is -2.50. The van der Waals surface area contributed by atoms with Crippen LogP contribution in [0, 0.1) is 0 Å². The van der Waals surface area contributed by atoms with Gasteiger partial charge < -0.3 is 10.0 Å². The number of carboxylic acids is 1. The van der Waals surface area contributed by atoms with Gasteiger partial charge in [0.15, 0.2) is 0 Å². The van der Waals surface area contributed by atoms with Crippen LogP contribution in [0.5, 0.6) is 0 Å². The van der Waals surface area contributed by atoms with Gasteiger partial charge in [-0.1, -0.05) is 11.6 Å². The Hall–Kier alpha value is -1.62. The second-order valence-electron chi connectivity index (χ2n) is 4.48. The number of carbonyl (C=O) groups is 2. The molecule has 0 aromatic carbocycles. The zero-order valence-electron chi connectivity index (χ0n) is 9.89. The van der Waals surface area contributed by atoms with Crippen molar-refractivity contribution < 1.29 is 14.7 Å². The summed E-state index contributed by atoms with van der Waals surface area (Å²) in [5.74, 6) is -1.37. The predicted octanol–water partition coefficient (Wildman–Crippen LogP) is 1.81. The summed E-state index contributed by atoms with van der Waals surface area (Å²) in [4.78, 5) is 28.8. The van der Waals surface area contributed by atoms with Gasteiger partial charge in [-0.3, -0.25) is 4.79 Å². The predicted molar refractivity (Wildman–Crippen MR) is 65.6 cm³/mol. The monoisotopic (exact) mass is 268 g/mol. The summed E-state index contributed by atoms with van der Waals surface area (Å²) in [7, 11) is 0. The maximum absolute atomic E-state index is 12.3. The molecule has 1 amide bonds. The van der Waals surface area contributed by atoms with Crippen molar-refractivity contribution in [3.8, 4) is 0 Å². The minimum absolute atomic E-state index is 0.0992. The molecule has 1 aliphatic rings. The van der Waals surface area contributed by atoms with Gasteiger partial charge in [0.1, 0.15) is 10.7 Å². The van der Waals surface area contributed by atoms with Gasteiger partial charge in [-0.05, 0) is 31.9 Å². The number of likely N-dealkylation sites (tertiary alicyclic amines) is 1. The van der Waals surface area contributed by atoms with E-state index < -0.39 is 11.5 Å². The first-order valence-electron chi connectivity index (χ1n) is 5.62. The minimum atomic E-state index is -1.16. The van der Waals surface area contributed by atoms with Crippen LogP contribution in [0.1, 0.15) is 30.1 Å². The van der Waals surface area contributed by atoms with E-state index >= 15 is 0 Å². The molecule has 18 heavy (non-hydrogen) atoms. The number of aliphatic carboxylic acids is 1. The molecule has 0 spiro atoms. The minimum Gasteiger partial charge on any atom is -0.480 e. The van der Waals surface area contributed by atoms with Crippen molar-refractivity contribution in [2.24, 2.45) is 0 Å². The Labute approximate surface area is 109 Å². The first-order chi connectivity index (χ1) is 8.47. The van der Waals surface area contributed by atoms with Crippen molar-refractivity contribution in [3.05, 3.63) is 29.0 Å². The molecule has 1 N–H and O–H groups in total. The Kier molecular flexibility index (Phi) is 3.26. The van der Waals surface area contributed by atoms with Gasteiger partial charge in [0.2, 0.25) is 0 Å². The number of pyridine rings is 1. The van der Waals surface area contributed by atoms with Crippen molar-refractivity contribution in [2.45, 2.75) is 25.3 Å². The summed E-state index contributed by atoms with van der Waals surface area (Å²) in [6, 6.07) is 3.16. The van der Waals surface area contributed by atoms with E-state index in [-0.39, 0.29) is 16.6 Å². The Morgan fingerprint density at radius 1 is 1.56 bits per heavy atom. The number of aromatic nitrogens is 1. The molecule has 1 saturated heterocycles. The smallest absolute Gasteiger partial charge is 0.329 e. The molecule has 0 aliphatic carbocycles. The van der Waals surface area contributed by atoms with Crippen LogP contribution >= 0.6 is 11.6 Å². The molecule has 1 aromatic heterocycles. The van der Waals surface area contributed by atoms with Gasteiger partial charge >= 0.3 is 5.97 Å². The lowest BCUT2D eigenvalue weighted by molar-refractivity contribution is -0.147. The van der Waals surface area contributed by atoms with Crippen molar-refractivity contribution in [1.29, 1.82) is 0 Å². The van der Waals surface area contributed by atoms with E-state index in [1.807, 2.05) is 0 Å². The number of carboxylic acid groups (broad SMARTS) is 1. The summed E-state index contributed by atoms with van der Waals surface area (Å²) in [5.41, 5.74) is -0.912. The van der Waals surface area contributed by atoms with Gasteiger partial charge in [-0.2, -0.15) is 0 Å². The van der Waals surface area contributed by atoms with Gasteiger partial charge in [-0.25, -0.2) is 9.78 Å². The zero-order chi connectivity index (χ0) is 13.3. The van der Waals surface area contributed by atoms with Gasteiger partial charge in [0, 0.05) is 12.7 Å². The maximum Gasteiger partial charge on any atom is 0.329 e. The fourth-order valence-electron chi connectivity index (χ4n) is 2.20. The van der Waals surface area contributed by atoms with Crippen molar-refractivity contribution in [1.82, 2.24) is 9.88 Å². The van der Waals surface area contributed by atoms with Crippen molar-refractivity contribution in [2.75, 3.05) is 6.54 Å². The third kappa shape index (κ3) is 1.95. The summed E-state index contributed by atoms with van der Waals surface area (Å²) < 4.78 is 0. The summed E-state index contributed by atoms with van der Waals surface area (Å²) in [6.07, 6.45) is 2.61. The molecule has 1 aromatic rings. The summed E-state index contributed by atoms with van der Waals surface area (Å²) >= 11 is 5.86. The molecule has 6 heteroatoms. The van der Waals surface area contributed by atoms with Gasteiger partial charge in [0.05, 0.1) is 5.56 Å². The second-order valence-corrected chi connectivity index (χ2v) is 4.84. The van der Waals surface area contributed by atoms with E-state index in [0.29, 0.717) is 19.4 Å². The van der Waals surface area contributed by atoms with Crippen molar-refractivity contribution in [3.63, 3.8) is 0 Å². The maximum atomic E-state index is 12.3. The van der Waals surface area contributed by atoms with E-state index in [4.69, 9.17) is 11.6 Å². The highest BCUT2D eigenvalue weighted by Crippen LogP contribution is 2.31. The SMILES string of the molecule is CC1(C(=O)O)CCCN1C(=O)c1cccnc1Cl. The average molecular weight is 269 g/mol. The largest absolute Gasteiger partial charge is 0.480 e. The quantitative estimate of drug-likeness (QED) is 0.831. The highest BCUT2D eigenvalue weighted by molar-refractivity contribution is 6.32. The molecule has 2 rings (SSSR count). The Morgan fingerprint density at radius 2 is 2.28 bits per heavy atom. The molecular weight excluding hydrogens is 256 g/mol. The number of nitrogens with zero attached hydrogens (tertiary/aromatic N) is 2. The third-order valence-electron chi connectivity index (χ3n) is 3.34. The first-order valence-corrected chi connectivity index (χ1v) is 6.00. The first kappa shape index (κ1) is 12.8. The van der Waals surface area contributed by atoms with Gasteiger partial charge in [-0.15, -0.1) is 0 Å². The fourth-order valence-corrected chi connectivity index (χ4v) is 2.40. The Morgan fingerprint density at radius 3 is 2.89 bits per heavy atom. The standard InChI is InChI=1S/C12H13ClN2O3/c1-12(11(17)18)5-3-7-15(12)10(16)8-4-2-6-14-9(8)13/h2,4,6H,3,5,7H2,1H3,(H,17,18). The van der Waals surface area contributed by atoms with Crippen molar-refractivity contribution >= 4 is 23.5 Å². The van der Waals surface area contributed by atoms with E-state index in [1.165, 1.54) is 11.1 Å². The molecule has 0 saturated carbocycles. The molecule has 1 fully saturated rings. The molecule has 0 bridgehead atoms. The number of halogens is 1. The van der Waals surface area contributed by atoms with E-state index in [9.17, 15) is 14.7 Å². The summed E-state index contributed by atoms with van der Waals surface area (Å²) in [5, 5.41) is 9.36. The highest BCUT2D eigenvalue weighted by atomic mass is 35.5. The van der Waals surface area contributed by atoms with Crippen LogP contribution in [-0.2, 0) is 4.79 Å². The van der Waals surface area contributed by atoms with Crippen LogP contribution in [-0.4, -0.2) is 39.0 Å². The van der Waals surface area contributed by atoms with Crippen LogP contribution in [0.4, 0.5) is 0 Å². The highest BCUT2D eigenvalue weighted by Gasteiger charge is 2.46. The average Bonchev–Trinajstić information content (AvgIpc) is 2.72. The normalized spacial score (nSPS) is 23.1. The molecule has 1 unspecified atom stereocenters. The second kappa shape index (κ2) is 4.57. The number of hydrogen-bond donors (Lipinski definition) is 1. The molecule has 1 aliphatic heterocycles. The number of amides is 1. The lowest BCUT2D eigenvalue weighted by Gasteiger charge is -2.31. The number of hydrogen-bond acceptors (Lipinski definition) is 3. The molecular formula is C12H13ClN2O3. The van der Waals surface area contributed by atoms with E-state index in [0.717, 1.165) is 0 Å². The molecule has 5 nitrogen and oxygen atoms in total. The topological polar surface area (TPSA) is 70.5 Å². The molecule has 0 radical (unpaired) electrons. The molecule has 2 heterocycles. The fraction of sp³-hybridized carbons (Fsp3) is 0.417. The van der Waals surface area contributed by atoms with E-state index in [1.54, 1.807) is 19.1 Å². The van der Waals surface area contributed by atoms with Gasteiger partial charge in [0.25, 0.3) is 5.91 Å². The Balaban J connectivity index is 2.35. The molecule has 96 valence electrons. The van der Waals surface area contributed by atoms with Crippen LogP contribution < -0.4 is 0 Å². The third-order valence-corrected chi connectivity index (χ3v) is 3.64. The zero-order valence-corrected chi connectivity index (χ0v) is 10.6. The van der Waals surface area contributed by atoms with Crippen LogP contribution in [0.3, 0.4) is 0 Å². The number of carbonyl (C=O) groups excluding carboxylic acids is 1. The Bertz CT molecular complexity index is 506. The van der Waals surface area contributed by atoms with Crippen LogP contribution in [0.15, 0.2) is 18.3 Å². The summed E-state index contributed by atoms with van der Waals surface area (Å²) in [6.45, 7) is 1.98. The van der Waals surface area contributed by atoms with Crippen LogP contribution in [0.25, 0.3) is 0 Å². The lowest BCUT2D eigenvalue weighted by atomic mass is 9.99. The molecule has 1 atom stereocenters.